The van der Waals surface area contributed by atoms with Gasteiger partial charge in [0, 0.05) is 39.0 Å². The van der Waals surface area contributed by atoms with Gasteiger partial charge in [-0.15, -0.1) is 0 Å². The van der Waals surface area contributed by atoms with Gasteiger partial charge >= 0.3 is 6.09 Å². The Labute approximate surface area is 149 Å². The number of amides is 2. The van der Waals surface area contributed by atoms with Gasteiger partial charge in [0.25, 0.3) is 5.56 Å². The zero-order chi connectivity index (χ0) is 18.0. The minimum Gasteiger partial charge on any atom is -0.444 e. The van der Waals surface area contributed by atoms with Gasteiger partial charge in [0.1, 0.15) is 11.1 Å². The van der Waals surface area contributed by atoms with Gasteiger partial charge < -0.3 is 19.9 Å². The van der Waals surface area contributed by atoms with Crippen LogP contribution in [0.5, 0.6) is 0 Å². The molecule has 2 aliphatic rings. The highest BCUT2D eigenvalue weighted by molar-refractivity contribution is 6.33. The van der Waals surface area contributed by atoms with E-state index in [1.54, 1.807) is 11.9 Å². The van der Waals surface area contributed by atoms with Crippen LogP contribution in [0.1, 0.15) is 19.3 Å². The summed E-state index contributed by atoms with van der Waals surface area (Å²) in [6, 6.07) is -0.194. The molecule has 2 fully saturated rings. The van der Waals surface area contributed by atoms with Crippen molar-refractivity contribution in [3.63, 3.8) is 0 Å². The molecule has 0 aromatic carbocycles. The highest BCUT2D eigenvalue weighted by atomic mass is 35.5. The Bertz CT molecular complexity index is 724. The van der Waals surface area contributed by atoms with Crippen LogP contribution in [0.15, 0.2) is 11.0 Å². The van der Waals surface area contributed by atoms with Crippen LogP contribution in [0.3, 0.4) is 0 Å². The van der Waals surface area contributed by atoms with Gasteiger partial charge in [0.2, 0.25) is 5.91 Å². The summed E-state index contributed by atoms with van der Waals surface area (Å²) in [5.41, 5.74) is 0.0750. The second-order valence-corrected chi connectivity index (χ2v) is 6.69. The number of carbonyl (C=O) groups excluding carboxylic acids is 2. The quantitative estimate of drug-likeness (QED) is 0.796. The van der Waals surface area contributed by atoms with Crippen molar-refractivity contribution >= 4 is 29.3 Å². The Morgan fingerprint density at radius 1 is 1.40 bits per heavy atom. The number of aromatic amines is 1. The van der Waals surface area contributed by atoms with Crippen molar-refractivity contribution in [1.82, 2.24) is 20.4 Å². The number of hydrogen-bond acceptors (Lipinski definition) is 6. The summed E-state index contributed by atoms with van der Waals surface area (Å²) in [5.74, 6) is 0.0139. The van der Waals surface area contributed by atoms with Crippen LogP contribution in [-0.2, 0) is 9.53 Å². The van der Waals surface area contributed by atoms with Crippen molar-refractivity contribution in [3.8, 4) is 0 Å². The second-order valence-electron chi connectivity index (χ2n) is 6.31. The summed E-state index contributed by atoms with van der Waals surface area (Å²) >= 11 is 6.00. The molecule has 3 rings (SSSR count). The average molecular weight is 370 g/mol. The van der Waals surface area contributed by atoms with Crippen LogP contribution in [-0.4, -0.2) is 65.9 Å². The number of hydrogen-bond donors (Lipinski definition) is 2. The molecule has 2 atom stereocenters. The Balaban J connectivity index is 1.51. The van der Waals surface area contributed by atoms with Crippen molar-refractivity contribution in [2.45, 2.75) is 31.4 Å². The molecule has 0 spiro atoms. The molecule has 3 heterocycles. The van der Waals surface area contributed by atoms with E-state index in [0.29, 0.717) is 38.2 Å². The number of likely N-dealkylation sites (tertiary alicyclic amines) is 1. The first kappa shape index (κ1) is 17.5. The van der Waals surface area contributed by atoms with Gasteiger partial charge in [-0.1, -0.05) is 11.6 Å². The van der Waals surface area contributed by atoms with E-state index in [9.17, 15) is 14.4 Å². The normalized spacial score (nSPS) is 23.7. The molecular formula is C15H20ClN5O4. The number of H-pyrrole nitrogens is 1. The topological polar surface area (TPSA) is 108 Å². The maximum absolute atomic E-state index is 12.0. The molecule has 2 saturated heterocycles. The number of anilines is 1. The fourth-order valence-corrected chi connectivity index (χ4v) is 3.27. The summed E-state index contributed by atoms with van der Waals surface area (Å²) in [6.07, 6.45) is 2.28. The van der Waals surface area contributed by atoms with E-state index < -0.39 is 11.7 Å². The van der Waals surface area contributed by atoms with Crippen molar-refractivity contribution in [2.24, 2.45) is 0 Å². The van der Waals surface area contributed by atoms with E-state index in [1.807, 2.05) is 4.90 Å². The maximum atomic E-state index is 12.0. The third kappa shape index (κ3) is 4.04. The molecule has 9 nitrogen and oxygen atoms in total. The molecule has 0 aliphatic carbocycles. The van der Waals surface area contributed by atoms with Gasteiger partial charge in [-0.2, -0.15) is 5.10 Å². The molecule has 25 heavy (non-hydrogen) atoms. The van der Waals surface area contributed by atoms with Crippen molar-refractivity contribution in [2.75, 3.05) is 31.6 Å². The number of rotatable bonds is 3. The lowest BCUT2D eigenvalue weighted by Crippen LogP contribution is -2.47. The fraction of sp³-hybridized carbons (Fsp3) is 0.600. The molecule has 2 N–H and O–H groups in total. The summed E-state index contributed by atoms with van der Waals surface area (Å²) in [4.78, 5) is 38.8. The molecule has 1 aromatic rings. The molecular weight excluding hydrogens is 350 g/mol. The van der Waals surface area contributed by atoms with Gasteiger partial charge in [-0.05, 0) is 6.42 Å². The Morgan fingerprint density at radius 2 is 2.20 bits per heavy atom. The number of halogens is 1. The lowest BCUT2D eigenvalue weighted by molar-refractivity contribution is -0.132. The fourth-order valence-electron chi connectivity index (χ4n) is 3.06. The van der Waals surface area contributed by atoms with Crippen molar-refractivity contribution in [1.29, 1.82) is 0 Å². The smallest absolute Gasteiger partial charge is 0.407 e. The summed E-state index contributed by atoms with van der Waals surface area (Å²) in [5, 5.41) is 8.84. The number of piperidine rings is 1. The van der Waals surface area contributed by atoms with Crippen LogP contribution in [0.25, 0.3) is 0 Å². The van der Waals surface area contributed by atoms with Crippen LogP contribution in [0.2, 0.25) is 5.02 Å². The first-order valence-electron chi connectivity index (χ1n) is 8.13. The van der Waals surface area contributed by atoms with Crippen LogP contribution in [0.4, 0.5) is 10.5 Å². The van der Waals surface area contributed by atoms with Crippen LogP contribution < -0.4 is 15.8 Å². The van der Waals surface area contributed by atoms with Crippen LogP contribution >= 0.6 is 11.6 Å². The number of alkyl carbamates (subject to hydrolysis) is 1. The van der Waals surface area contributed by atoms with Gasteiger partial charge in [0.15, 0.2) is 0 Å². The SMILES string of the molecule is CN1CCC(NC(=O)O[C@@H]2CCN(c3cn[nH]c(=O)c3Cl)C2)CC1=O. The standard InChI is InChI=1S/C15H20ClN5O4/c1-20-4-2-9(6-12(20)22)18-15(24)25-10-3-5-21(8-10)11-7-17-19-14(23)13(11)16/h7,9-10H,2-6,8H2,1H3,(H,18,24)(H,19,23)/t9?,10-/m1/s1. The molecule has 0 bridgehead atoms. The molecule has 1 unspecified atom stereocenters. The summed E-state index contributed by atoms with van der Waals surface area (Å²) < 4.78 is 5.43. The number of nitrogens with zero attached hydrogens (tertiary/aromatic N) is 3. The lowest BCUT2D eigenvalue weighted by Gasteiger charge is -2.29. The zero-order valence-corrected chi connectivity index (χ0v) is 14.6. The predicted molar refractivity (Wildman–Crippen MR) is 90.8 cm³/mol. The van der Waals surface area contributed by atoms with E-state index in [1.165, 1.54) is 6.20 Å². The lowest BCUT2D eigenvalue weighted by atomic mass is 10.1. The largest absolute Gasteiger partial charge is 0.444 e. The van der Waals surface area contributed by atoms with E-state index in [4.69, 9.17) is 16.3 Å². The molecule has 0 radical (unpaired) electrons. The summed E-state index contributed by atoms with van der Waals surface area (Å²) in [6.45, 7) is 1.66. The molecule has 136 valence electrons. The minimum atomic E-state index is -0.524. The van der Waals surface area contributed by atoms with Gasteiger partial charge in [0.05, 0.1) is 18.4 Å². The van der Waals surface area contributed by atoms with E-state index in [2.05, 4.69) is 15.5 Å². The Kier molecular flexibility index (Phi) is 5.12. The highest BCUT2D eigenvalue weighted by Gasteiger charge is 2.30. The Morgan fingerprint density at radius 3 is 2.96 bits per heavy atom. The Hall–Kier alpha value is -2.29. The summed E-state index contributed by atoms with van der Waals surface area (Å²) in [7, 11) is 1.75. The van der Waals surface area contributed by atoms with Crippen molar-refractivity contribution in [3.05, 3.63) is 21.6 Å². The van der Waals surface area contributed by atoms with Crippen molar-refractivity contribution < 1.29 is 14.3 Å². The second kappa shape index (κ2) is 7.30. The predicted octanol–water partition coefficient (Wildman–Crippen LogP) is 0.349. The van der Waals surface area contributed by atoms with Crippen LogP contribution in [0, 0.1) is 0 Å². The van der Waals surface area contributed by atoms with Gasteiger partial charge in [-0.25, -0.2) is 9.89 Å². The average Bonchev–Trinajstić information content (AvgIpc) is 3.01. The van der Waals surface area contributed by atoms with E-state index in [0.717, 1.165) is 0 Å². The first-order valence-corrected chi connectivity index (χ1v) is 8.51. The molecule has 0 saturated carbocycles. The van der Waals surface area contributed by atoms with Gasteiger partial charge in [-0.3, -0.25) is 9.59 Å². The highest BCUT2D eigenvalue weighted by Crippen LogP contribution is 2.25. The number of carbonyl (C=O) groups is 2. The first-order chi connectivity index (χ1) is 11.9. The van der Waals surface area contributed by atoms with E-state index in [-0.39, 0.29) is 29.5 Å². The maximum Gasteiger partial charge on any atom is 0.407 e. The number of ether oxygens (including phenoxy) is 1. The third-order valence-electron chi connectivity index (χ3n) is 4.52. The molecule has 1 aromatic heterocycles. The number of aromatic nitrogens is 2. The van der Waals surface area contributed by atoms with E-state index >= 15 is 0 Å². The monoisotopic (exact) mass is 369 g/mol. The molecule has 2 aliphatic heterocycles. The third-order valence-corrected chi connectivity index (χ3v) is 4.88. The minimum absolute atomic E-state index is 0.0139. The zero-order valence-electron chi connectivity index (χ0n) is 13.8. The molecule has 2 amide bonds. The molecule has 10 heteroatoms. The number of nitrogens with one attached hydrogen (secondary N) is 2.